The largest absolute Gasteiger partial charge is 0.368 e. The molecule has 2 heterocycles. The van der Waals surface area contributed by atoms with Crippen molar-refractivity contribution in [2.75, 3.05) is 0 Å². The van der Waals surface area contributed by atoms with E-state index in [1.54, 1.807) is 0 Å². The van der Waals surface area contributed by atoms with Crippen LogP contribution in [0.2, 0.25) is 0 Å². The molecule has 0 aliphatic heterocycles. The molecule has 0 unspecified atom stereocenters. The summed E-state index contributed by atoms with van der Waals surface area (Å²) in [6.07, 6.45) is 0. The van der Waals surface area contributed by atoms with Crippen LogP contribution >= 0.6 is 34.4 Å². The molecule has 0 aliphatic rings. The van der Waals surface area contributed by atoms with Crippen LogP contribution in [0.3, 0.4) is 0 Å². The molecule has 0 atom stereocenters. The molecule has 0 fully saturated rings. The van der Waals surface area contributed by atoms with Crippen molar-refractivity contribution in [2.45, 2.75) is 10.5 Å². The first kappa shape index (κ1) is 14.4. The Morgan fingerprint density at radius 2 is 1.48 bits per heavy atom. The van der Waals surface area contributed by atoms with Crippen molar-refractivity contribution in [3.05, 3.63) is 75.1 Å². The van der Waals surface area contributed by atoms with Crippen LogP contribution in [0.15, 0.2) is 70.3 Å². The molecule has 21 heavy (non-hydrogen) atoms. The Kier molecular flexibility index (Phi) is 4.47. The van der Waals surface area contributed by atoms with E-state index in [1.165, 1.54) is 34.4 Å². The van der Waals surface area contributed by atoms with Gasteiger partial charge in [-0.15, -0.1) is 22.7 Å². The second-order valence-corrected chi connectivity index (χ2v) is 7.08. The average molecular weight is 328 g/mol. The molecule has 0 spiro atoms. The minimum Gasteiger partial charge on any atom is -0.368 e. The molecule has 104 valence electrons. The topological polar surface area (TPSA) is 20.2 Å². The molecule has 1 aromatic carbocycles. The van der Waals surface area contributed by atoms with Crippen molar-refractivity contribution < 1.29 is 5.11 Å². The van der Waals surface area contributed by atoms with Crippen LogP contribution in [0.5, 0.6) is 0 Å². The summed E-state index contributed by atoms with van der Waals surface area (Å²) in [6, 6.07) is 17.7. The molecular weight excluding hydrogens is 316 g/mol. The third-order valence-corrected chi connectivity index (χ3v) is 5.57. The van der Waals surface area contributed by atoms with Gasteiger partial charge < -0.3 is 5.11 Å². The molecule has 0 amide bonds. The summed E-state index contributed by atoms with van der Waals surface area (Å²) in [7, 11) is 0. The first-order valence-electron chi connectivity index (χ1n) is 6.33. The maximum absolute atomic E-state index is 11.0. The van der Waals surface area contributed by atoms with Crippen molar-refractivity contribution in [3.63, 3.8) is 0 Å². The quantitative estimate of drug-likeness (QED) is 0.550. The van der Waals surface area contributed by atoms with E-state index < -0.39 is 5.60 Å². The van der Waals surface area contributed by atoms with Gasteiger partial charge in [-0.1, -0.05) is 30.3 Å². The minimum absolute atomic E-state index is 0.853. The molecule has 0 aliphatic carbocycles. The van der Waals surface area contributed by atoms with E-state index in [9.17, 15) is 5.11 Å². The number of aliphatic hydroxyl groups is 1. The van der Waals surface area contributed by atoms with Gasteiger partial charge in [-0.25, -0.2) is 0 Å². The Morgan fingerprint density at radius 1 is 0.857 bits per heavy atom. The van der Waals surface area contributed by atoms with Crippen LogP contribution in [0.1, 0.15) is 9.75 Å². The zero-order valence-electron chi connectivity index (χ0n) is 11.0. The van der Waals surface area contributed by atoms with Crippen molar-refractivity contribution in [3.8, 4) is 11.2 Å². The van der Waals surface area contributed by atoms with Crippen LogP contribution in [0.25, 0.3) is 0 Å². The summed E-state index contributed by atoms with van der Waals surface area (Å²) >= 11 is 4.47. The SMILES string of the molecule is OC(C#CSc1ccccc1)(c1cccs1)c1cccs1. The average Bonchev–Trinajstić information content (AvgIpc) is 3.22. The Labute approximate surface area is 136 Å². The lowest BCUT2D eigenvalue weighted by Gasteiger charge is -2.19. The lowest BCUT2D eigenvalue weighted by Crippen LogP contribution is -2.22. The van der Waals surface area contributed by atoms with Gasteiger partial charge in [-0.05, 0) is 58.0 Å². The highest BCUT2D eigenvalue weighted by atomic mass is 32.2. The predicted octanol–water partition coefficient (Wildman–Crippen LogP) is 4.80. The van der Waals surface area contributed by atoms with E-state index in [2.05, 4.69) is 11.2 Å². The Morgan fingerprint density at radius 3 is 2.00 bits per heavy atom. The van der Waals surface area contributed by atoms with Gasteiger partial charge >= 0.3 is 0 Å². The molecule has 0 radical (unpaired) electrons. The molecular formula is C17H12OS3. The van der Waals surface area contributed by atoms with Crippen molar-refractivity contribution in [1.29, 1.82) is 0 Å². The van der Waals surface area contributed by atoms with E-state index in [4.69, 9.17) is 0 Å². The molecule has 4 heteroatoms. The Bertz CT molecular complexity index is 700. The van der Waals surface area contributed by atoms with E-state index in [1.807, 2.05) is 65.4 Å². The standard InChI is InChI=1S/C17H12OS3/c18-17(15-8-4-11-20-15,16-9-5-12-21-16)10-13-19-14-6-2-1-3-7-14/h1-9,11-12,18H. The van der Waals surface area contributed by atoms with Crippen molar-refractivity contribution >= 4 is 34.4 Å². The van der Waals surface area contributed by atoms with Gasteiger partial charge in [0.05, 0.1) is 9.75 Å². The van der Waals surface area contributed by atoms with Gasteiger partial charge in [0.25, 0.3) is 0 Å². The van der Waals surface area contributed by atoms with E-state index in [-0.39, 0.29) is 0 Å². The van der Waals surface area contributed by atoms with Gasteiger partial charge in [0, 0.05) is 4.90 Å². The number of thioether (sulfide) groups is 1. The van der Waals surface area contributed by atoms with Crippen molar-refractivity contribution in [1.82, 2.24) is 0 Å². The first-order chi connectivity index (χ1) is 10.3. The molecule has 3 aromatic rings. The lowest BCUT2D eigenvalue weighted by atomic mass is 10.0. The summed E-state index contributed by atoms with van der Waals surface area (Å²) in [5.74, 6) is 3.04. The van der Waals surface area contributed by atoms with Crippen LogP contribution in [-0.2, 0) is 5.60 Å². The Balaban J connectivity index is 1.91. The highest BCUT2D eigenvalue weighted by molar-refractivity contribution is 8.03. The Hall–Kier alpha value is -1.51. The monoisotopic (exact) mass is 328 g/mol. The molecule has 1 nitrogen and oxygen atoms in total. The fourth-order valence-corrected chi connectivity index (χ4v) is 4.12. The highest BCUT2D eigenvalue weighted by Gasteiger charge is 2.31. The predicted molar refractivity (Wildman–Crippen MR) is 91.7 cm³/mol. The number of hydrogen-bond donors (Lipinski definition) is 1. The highest BCUT2D eigenvalue weighted by Crippen LogP contribution is 2.35. The third kappa shape index (κ3) is 3.22. The van der Waals surface area contributed by atoms with E-state index >= 15 is 0 Å². The fraction of sp³-hybridized carbons (Fsp3) is 0.0588. The first-order valence-corrected chi connectivity index (χ1v) is 8.91. The summed E-state index contributed by atoms with van der Waals surface area (Å²) in [4.78, 5) is 2.78. The summed E-state index contributed by atoms with van der Waals surface area (Å²) < 4.78 is 0. The van der Waals surface area contributed by atoms with Gasteiger partial charge in [0.15, 0.2) is 5.60 Å². The lowest BCUT2D eigenvalue weighted by molar-refractivity contribution is 0.153. The van der Waals surface area contributed by atoms with Crippen LogP contribution in [-0.4, -0.2) is 5.11 Å². The molecule has 3 rings (SSSR count). The normalized spacial score (nSPS) is 10.9. The minimum atomic E-state index is -1.22. The van der Waals surface area contributed by atoms with Gasteiger partial charge in [-0.3, -0.25) is 0 Å². The summed E-state index contributed by atoms with van der Waals surface area (Å²) in [5.41, 5.74) is -1.22. The zero-order chi connectivity index (χ0) is 14.5. The molecule has 0 bridgehead atoms. The second-order valence-electron chi connectivity index (χ2n) is 4.31. The van der Waals surface area contributed by atoms with Gasteiger partial charge in [0.2, 0.25) is 0 Å². The summed E-state index contributed by atoms with van der Waals surface area (Å²) in [6.45, 7) is 0. The van der Waals surface area contributed by atoms with Crippen LogP contribution in [0.4, 0.5) is 0 Å². The second kappa shape index (κ2) is 6.50. The van der Waals surface area contributed by atoms with E-state index in [0.29, 0.717) is 0 Å². The van der Waals surface area contributed by atoms with Crippen LogP contribution in [0, 0.1) is 11.2 Å². The fourth-order valence-electron chi connectivity index (χ4n) is 1.86. The number of hydrogen-bond acceptors (Lipinski definition) is 4. The zero-order valence-corrected chi connectivity index (χ0v) is 13.5. The smallest absolute Gasteiger partial charge is 0.196 e. The van der Waals surface area contributed by atoms with Crippen molar-refractivity contribution in [2.24, 2.45) is 0 Å². The molecule has 0 saturated carbocycles. The molecule has 2 aromatic heterocycles. The van der Waals surface area contributed by atoms with Gasteiger partial charge in [0.1, 0.15) is 0 Å². The number of benzene rings is 1. The van der Waals surface area contributed by atoms with E-state index in [0.717, 1.165) is 14.6 Å². The maximum Gasteiger partial charge on any atom is 0.196 e. The maximum atomic E-state index is 11.0. The molecule has 0 saturated heterocycles. The number of thiophene rings is 2. The number of rotatable bonds is 3. The third-order valence-electron chi connectivity index (χ3n) is 2.90. The molecule has 1 N–H and O–H groups in total. The summed E-state index contributed by atoms with van der Waals surface area (Å²) in [5, 5.41) is 18.0. The van der Waals surface area contributed by atoms with Crippen LogP contribution < -0.4 is 0 Å². The van der Waals surface area contributed by atoms with Gasteiger partial charge in [-0.2, -0.15) is 0 Å².